The molecule has 0 saturated carbocycles. The lowest BCUT2D eigenvalue weighted by Crippen LogP contribution is -2.39. The average molecular weight is 320 g/mol. The molecule has 1 aliphatic rings. The number of piperidine rings is 1. The summed E-state index contributed by atoms with van der Waals surface area (Å²) in [6.45, 7) is 2.76. The zero-order valence-corrected chi connectivity index (χ0v) is 13.7. The maximum atomic E-state index is 13.0. The number of fused-ring (bicyclic) bond motifs is 1. The molecule has 0 bridgehead atoms. The molecule has 122 valence electrons. The summed E-state index contributed by atoms with van der Waals surface area (Å²) in [7, 11) is 0. The average Bonchev–Trinajstić information content (AvgIpc) is 3.09. The summed E-state index contributed by atoms with van der Waals surface area (Å²) in [4.78, 5) is 24.0. The van der Waals surface area contributed by atoms with E-state index < -0.39 is 0 Å². The molecule has 3 aromatic rings. The maximum Gasteiger partial charge on any atom is 0.254 e. The summed E-state index contributed by atoms with van der Waals surface area (Å²) >= 11 is 0. The molecular weight excluding hydrogens is 300 g/mol. The topological polar surface area (TPSA) is 50.5 Å². The number of nitrogens with zero attached hydrogens (tertiary/aromatic N) is 4. The van der Waals surface area contributed by atoms with Gasteiger partial charge in [-0.2, -0.15) is 0 Å². The van der Waals surface area contributed by atoms with Crippen LogP contribution in [0.4, 0.5) is 0 Å². The number of hydrogen-bond donors (Lipinski definition) is 0. The van der Waals surface area contributed by atoms with Crippen LogP contribution in [0.3, 0.4) is 0 Å². The molecule has 4 rings (SSSR count). The van der Waals surface area contributed by atoms with Crippen LogP contribution in [0.1, 0.15) is 47.2 Å². The molecule has 0 unspecified atom stereocenters. The molecule has 5 heteroatoms. The second-order valence-electron chi connectivity index (χ2n) is 6.32. The first-order valence-electron chi connectivity index (χ1n) is 8.39. The van der Waals surface area contributed by atoms with Crippen molar-refractivity contribution in [2.24, 2.45) is 0 Å². The van der Waals surface area contributed by atoms with Crippen molar-refractivity contribution in [1.29, 1.82) is 0 Å². The Balaban J connectivity index is 1.77. The van der Waals surface area contributed by atoms with Crippen molar-refractivity contribution >= 4 is 11.4 Å². The van der Waals surface area contributed by atoms with Gasteiger partial charge in [-0.3, -0.25) is 9.20 Å². The first-order chi connectivity index (χ1) is 11.7. The van der Waals surface area contributed by atoms with Crippen molar-refractivity contribution in [3.8, 4) is 0 Å². The number of hydrogen-bond acceptors (Lipinski definition) is 3. The molecule has 2 aromatic heterocycles. The van der Waals surface area contributed by atoms with E-state index in [9.17, 15) is 4.79 Å². The lowest BCUT2D eigenvalue weighted by Gasteiger charge is -2.35. The monoisotopic (exact) mass is 320 g/mol. The van der Waals surface area contributed by atoms with Crippen LogP contribution >= 0.6 is 0 Å². The number of carbonyl (C=O) groups is 1. The van der Waals surface area contributed by atoms with Crippen molar-refractivity contribution < 1.29 is 4.79 Å². The molecule has 24 heavy (non-hydrogen) atoms. The largest absolute Gasteiger partial charge is 0.328 e. The predicted molar refractivity (Wildman–Crippen MR) is 91.8 cm³/mol. The summed E-state index contributed by atoms with van der Waals surface area (Å²) in [6.07, 6.45) is 6.70. The first kappa shape index (κ1) is 14.9. The molecule has 0 spiro atoms. The van der Waals surface area contributed by atoms with Gasteiger partial charge in [0.2, 0.25) is 0 Å². The molecule has 1 fully saturated rings. The third-order valence-electron chi connectivity index (χ3n) is 4.64. The van der Waals surface area contributed by atoms with Gasteiger partial charge in [-0.15, -0.1) is 0 Å². The Morgan fingerprint density at radius 3 is 2.88 bits per heavy atom. The van der Waals surface area contributed by atoms with Gasteiger partial charge in [-0.1, -0.05) is 18.2 Å². The van der Waals surface area contributed by atoms with E-state index in [1.165, 1.54) is 0 Å². The van der Waals surface area contributed by atoms with E-state index in [1.807, 2.05) is 58.8 Å². The van der Waals surface area contributed by atoms with E-state index in [0.717, 1.165) is 48.4 Å². The van der Waals surface area contributed by atoms with Crippen LogP contribution in [0.25, 0.3) is 5.52 Å². The van der Waals surface area contributed by atoms with Crippen LogP contribution in [0.5, 0.6) is 0 Å². The summed E-state index contributed by atoms with van der Waals surface area (Å²) in [5.74, 6) is 0.989. The van der Waals surface area contributed by atoms with E-state index in [0.29, 0.717) is 0 Å². The van der Waals surface area contributed by atoms with Crippen LogP contribution in [-0.4, -0.2) is 31.7 Å². The van der Waals surface area contributed by atoms with Gasteiger partial charge in [0.05, 0.1) is 17.8 Å². The Hall–Kier alpha value is -2.69. The Kier molecular flexibility index (Phi) is 3.76. The highest BCUT2D eigenvalue weighted by Crippen LogP contribution is 2.31. The van der Waals surface area contributed by atoms with Gasteiger partial charge < -0.3 is 4.90 Å². The van der Waals surface area contributed by atoms with Gasteiger partial charge in [-0.05, 0) is 44.4 Å². The highest BCUT2D eigenvalue weighted by molar-refractivity contribution is 5.94. The number of likely N-dealkylation sites (tertiary alicyclic amines) is 1. The van der Waals surface area contributed by atoms with Gasteiger partial charge in [0.15, 0.2) is 0 Å². The third-order valence-corrected chi connectivity index (χ3v) is 4.64. The van der Waals surface area contributed by atoms with Crippen molar-refractivity contribution in [3.63, 3.8) is 0 Å². The van der Waals surface area contributed by atoms with E-state index >= 15 is 0 Å². The zero-order valence-electron chi connectivity index (χ0n) is 13.7. The summed E-state index contributed by atoms with van der Waals surface area (Å²) in [5, 5.41) is 0. The second-order valence-corrected chi connectivity index (χ2v) is 6.32. The fourth-order valence-corrected chi connectivity index (χ4v) is 3.51. The Labute approximate surface area is 141 Å². The minimum atomic E-state index is -0.0111. The van der Waals surface area contributed by atoms with E-state index in [2.05, 4.69) is 4.98 Å². The van der Waals surface area contributed by atoms with Crippen LogP contribution in [0.2, 0.25) is 0 Å². The van der Waals surface area contributed by atoms with Gasteiger partial charge in [0.1, 0.15) is 12.2 Å². The van der Waals surface area contributed by atoms with Crippen molar-refractivity contribution in [2.45, 2.75) is 32.2 Å². The Bertz CT molecular complexity index is 871. The molecule has 0 aliphatic carbocycles. The smallest absolute Gasteiger partial charge is 0.254 e. The summed E-state index contributed by atoms with van der Waals surface area (Å²) < 4.78 is 2.01. The van der Waals surface area contributed by atoms with Gasteiger partial charge in [-0.25, -0.2) is 9.97 Å². The second kappa shape index (κ2) is 6.07. The van der Waals surface area contributed by atoms with Gasteiger partial charge >= 0.3 is 0 Å². The number of aromatic nitrogens is 3. The van der Waals surface area contributed by atoms with Crippen LogP contribution < -0.4 is 0 Å². The minimum absolute atomic E-state index is 0.0111. The number of amides is 1. The maximum absolute atomic E-state index is 13.0. The quantitative estimate of drug-likeness (QED) is 0.727. The molecule has 1 amide bonds. The van der Waals surface area contributed by atoms with Gasteiger partial charge in [0.25, 0.3) is 5.91 Å². The fourth-order valence-electron chi connectivity index (χ4n) is 3.51. The molecule has 1 aliphatic heterocycles. The summed E-state index contributed by atoms with van der Waals surface area (Å²) in [5.41, 5.74) is 2.71. The minimum Gasteiger partial charge on any atom is -0.328 e. The van der Waals surface area contributed by atoms with E-state index in [-0.39, 0.29) is 11.9 Å². The molecule has 3 heterocycles. The molecule has 5 nitrogen and oxygen atoms in total. The number of imidazole rings is 1. The van der Waals surface area contributed by atoms with Crippen LogP contribution in [-0.2, 0) is 0 Å². The standard InChI is InChI=1S/C19H20N4O/c1-14-11-16-12-20-13-23(16)18(21-14)17-9-5-6-10-22(17)19(24)15-7-3-2-4-8-15/h2-4,7-8,11-13,17H,5-6,9-10H2,1H3/t17-/m1/s1. The van der Waals surface area contributed by atoms with Crippen LogP contribution in [0, 0.1) is 6.92 Å². The Morgan fingerprint density at radius 2 is 2.04 bits per heavy atom. The Morgan fingerprint density at radius 1 is 1.21 bits per heavy atom. The fraction of sp³-hybridized carbons (Fsp3) is 0.316. The SMILES string of the molecule is Cc1cc2cncn2c([C@H]2CCCCN2C(=O)c2ccccc2)n1. The number of carbonyl (C=O) groups excluding carboxylic acids is 1. The first-order valence-corrected chi connectivity index (χ1v) is 8.39. The molecule has 1 saturated heterocycles. The van der Waals surface area contributed by atoms with Crippen molar-refractivity contribution in [2.75, 3.05) is 6.54 Å². The lowest BCUT2D eigenvalue weighted by atomic mass is 9.99. The highest BCUT2D eigenvalue weighted by Gasteiger charge is 2.31. The molecule has 1 aromatic carbocycles. The van der Waals surface area contributed by atoms with Crippen molar-refractivity contribution in [1.82, 2.24) is 19.3 Å². The summed E-state index contributed by atoms with van der Waals surface area (Å²) in [6, 6.07) is 11.5. The lowest BCUT2D eigenvalue weighted by molar-refractivity contribution is 0.0598. The van der Waals surface area contributed by atoms with Gasteiger partial charge in [0, 0.05) is 17.8 Å². The number of aryl methyl sites for hydroxylation is 1. The predicted octanol–water partition coefficient (Wildman–Crippen LogP) is 3.41. The van der Waals surface area contributed by atoms with E-state index in [4.69, 9.17) is 4.98 Å². The molecule has 0 N–H and O–H groups in total. The number of rotatable bonds is 2. The molecular formula is C19H20N4O. The van der Waals surface area contributed by atoms with Crippen LogP contribution in [0.15, 0.2) is 48.9 Å². The molecule has 0 radical (unpaired) electrons. The zero-order chi connectivity index (χ0) is 16.5. The van der Waals surface area contributed by atoms with Crippen molar-refractivity contribution in [3.05, 3.63) is 66.0 Å². The number of benzene rings is 1. The highest BCUT2D eigenvalue weighted by atomic mass is 16.2. The van der Waals surface area contributed by atoms with E-state index in [1.54, 1.807) is 6.33 Å². The third kappa shape index (κ3) is 2.56. The normalized spacial score (nSPS) is 18.0. The molecule has 1 atom stereocenters.